The van der Waals surface area contributed by atoms with Crippen molar-refractivity contribution in [3.8, 4) is 6.01 Å². The van der Waals surface area contributed by atoms with E-state index in [0.717, 1.165) is 0 Å². The second-order valence-electron chi connectivity index (χ2n) is 1.57. The molecule has 1 heterocycles. The summed E-state index contributed by atoms with van der Waals surface area (Å²) in [5.74, 6) is 0. The first kappa shape index (κ1) is 7.27. The quantitative estimate of drug-likeness (QED) is 0.727. The normalized spacial score (nSPS) is 9.40. The number of nitrogens with one attached hydrogen (secondary N) is 1. The predicted octanol–water partition coefficient (Wildman–Crippen LogP) is 0.541. The molecule has 0 aliphatic rings. The maximum absolute atomic E-state index is 10.8. The average molecular weight is 205 g/mol. The van der Waals surface area contributed by atoms with Gasteiger partial charge in [0.2, 0.25) is 0 Å². The molecule has 0 unspecified atom stereocenters. The van der Waals surface area contributed by atoms with E-state index in [1.807, 2.05) is 0 Å². The van der Waals surface area contributed by atoms with Crippen molar-refractivity contribution in [1.82, 2.24) is 9.97 Å². The molecule has 10 heavy (non-hydrogen) atoms. The molecule has 0 aliphatic carbocycles. The van der Waals surface area contributed by atoms with Crippen molar-refractivity contribution in [1.29, 1.82) is 0 Å². The summed E-state index contributed by atoms with van der Waals surface area (Å²) in [5, 5.41) is 0. The Bertz CT molecular complexity index is 283. The molecule has 0 bridgehead atoms. The first-order valence-electron chi connectivity index (χ1n) is 2.53. The van der Waals surface area contributed by atoms with Crippen LogP contribution in [0.3, 0.4) is 0 Å². The van der Waals surface area contributed by atoms with Gasteiger partial charge in [-0.1, -0.05) is 0 Å². The monoisotopic (exact) mass is 204 g/mol. The molecular formula is C5H5BrN2O2. The summed E-state index contributed by atoms with van der Waals surface area (Å²) in [6, 6.07) is 0.216. The lowest BCUT2D eigenvalue weighted by atomic mass is 10.7. The Morgan fingerprint density at radius 2 is 2.50 bits per heavy atom. The predicted molar refractivity (Wildman–Crippen MR) is 39.1 cm³/mol. The number of aromatic nitrogens is 2. The van der Waals surface area contributed by atoms with E-state index in [1.54, 1.807) is 0 Å². The maximum Gasteiger partial charge on any atom is 0.296 e. The molecule has 1 aromatic rings. The zero-order valence-electron chi connectivity index (χ0n) is 5.22. The highest BCUT2D eigenvalue weighted by Crippen LogP contribution is 2.01. The van der Waals surface area contributed by atoms with E-state index in [-0.39, 0.29) is 11.6 Å². The summed E-state index contributed by atoms with van der Waals surface area (Å²) in [6.07, 6.45) is 1.39. The van der Waals surface area contributed by atoms with Crippen molar-refractivity contribution in [3.63, 3.8) is 0 Å². The van der Waals surface area contributed by atoms with E-state index < -0.39 is 0 Å². The maximum atomic E-state index is 10.8. The van der Waals surface area contributed by atoms with Gasteiger partial charge in [0.05, 0.1) is 13.3 Å². The fourth-order valence-corrected chi connectivity index (χ4v) is 0.668. The molecule has 1 N–H and O–H groups in total. The van der Waals surface area contributed by atoms with Crippen molar-refractivity contribution in [2.45, 2.75) is 0 Å². The van der Waals surface area contributed by atoms with Crippen LogP contribution in [0.1, 0.15) is 0 Å². The molecule has 1 aromatic heterocycles. The van der Waals surface area contributed by atoms with Gasteiger partial charge in [-0.25, -0.2) is 4.98 Å². The highest BCUT2D eigenvalue weighted by Gasteiger charge is 1.96. The fourth-order valence-electron chi connectivity index (χ4n) is 0.467. The third kappa shape index (κ3) is 1.36. The number of hydrogen-bond donors (Lipinski definition) is 1. The highest BCUT2D eigenvalue weighted by molar-refractivity contribution is 9.10. The van der Waals surface area contributed by atoms with E-state index in [2.05, 4.69) is 30.6 Å². The first-order chi connectivity index (χ1) is 4.74. The van der Waals surface area contributed by atoms with Crippen LogP contribution in [0, 0.1) is 0 Å². The minimum absolute atomic E-state index is 0.216. The molecule has 54 valence electrons. The minimum atomic E-state index is -0.244. The lowest BCUT2D eigenvalue weighted by Crippen LogP contribution is -2.08. The summed E-state index contributed by atoms with van der Waals surface area (Å²) >= 11 is 3.00. The molecule has 0 saturated carbocycles. The molecule has 0 amide bonds. The standard InChI is InChI=1S/C5H5BrN2O2/c1-10-5-7-2-3(6)4(9)8-5/h2H,1H3,(H,7,8,9). The molecule has 0 aliphatic heterocycles. The molecule has 0 atom stereocenters. The number of halogens is 1. The molecule has 0 spiro atoms. The van der Waals surface area contributed by atoms with Gasteiger partial charge in [0, 0.05) is 0 Å². The Kier molecular flexibility index (Phi) is 2.06. The van der Waals surface area contributed by atoms with Crippen molar-refractivity contribution in [2.75, 3.05) is 7.11 Å². The number of nitrogens with zero attached hydrogens (tertiary/aromatic N) is 1. The van der Waals surface area contributed by atoms with Crippen LogP contribution in [0.2, 0.25) is 0 Å². The average Bonchev–Trinajstić information content (AvgIpc) is 1.95. The second-order valence-corrected chi connectivity index (χ2v) is 2.42. The zero-order chi connectivity index (χ0) is 7.56. The number of aromatic amines is 1. The van der Waals surface area contributed by atoms with Crippen LogP contribution in [-0.2, 0) is 0 Å². The molecule has 0 fully saturated rings. The van der Waals surface area contributed by atoms with Crippen LogP contribution >= 0.6 is 15.9 Å². The van der Waals surface area contributed by atoms with Crippen LogP contribution in [0.15, 0.2) is 15.5 Å². The van der Waals surface area contributed by atoms with Crippen LogP contribution in [0.5, 0.6) is 6.01 Å². The van der Waals surface area contributed by atoms with Crippen molar-refractivity contribution >= 4 is 15.9 Å². The molecule has 0 radical (unpaired) electrons. The van der Waals surface area contributed by atoms with E-state index in [1.165, 1.54) is 13.3 Å². The Labute approximate surface area is 65.4 Å². The van der Waals surface area contributed by atoms with Gasteiger partial charge < -0.3 is 4.74 Å². The van der Waals surface area contributed by atoms with Gasteiger partial charge in [-0.2, -0.15) is 0 Å². The smallest absolute Gasteiger partial charge is 0.296 e. The van der Waals surface area contributed by atoms with Crippen molar-refractivity contribution in [2.24, 2.45) is 0 Å². The SMILES string of the molecule is COc1ncc(Br)c(=O)[nH]1. The third-order valence-electron chi connectivity index (χ3n) is 0.926. The number of H-pyrrole nitrogens is 1. The van der Waals surface area contributed by atoms with Crippen LogP contribution < -0.4 is 10.3 Å². The molecule has 0 saturated heterocycles. The van der Waals surface area contributed by atoms with Gasteiger partial charge in [-0.15, -0.1) is 0 Å². The van der Waals surface area contributed by atoms with Gasteiger partial charge >= 0.3 is 0 Å². The number of ether oxygens (including phenoxy) is 1. The van der Waals surface area contributed by atoms with Gasteiger partial charge in [-0.3, -0.25) is 9.78 Å². The molecule has 4 nitrogen and oxygen atoms in total. The second kappa shape index (κ2) is 2.83. The first-order valence-corrected chi connectivity index (χ1v) is 3.32. The number of methoxy groups -OCH3 is 1. The summed E-state index contributed by atoms with van der Waals surface area (Å²) in [6.45, 7) is 0. The summed E-state index contributed by atoms with van der Waals surface area (Å²) in [7, 11) is 1.44. The van der Waals surface area contributed by atoms with Crippen LogP contribution in [-0.4, -0.2) is 17.1 Å². The van der Waals surface area contributed by atoms with Gasteiger partial charge in [0.15, 0.2) is 0 Å². The molecular weight excluding hydrogens is 200 g/mol. The summed E-state index contributed by atoms with van der Waals surface area (Å²) in [4.78, 5) is 16.9. The van der Waals surface area contributed by atoms with Crippen LogP contribution in [0.25, 0.3) is 0 Å². The Morgan fingerprint density at radius 1 is 1.80 bits per heavy atom. The van der Waals surface area contributed by atoms with Crippen molar-refractivity contribution in [3.05, 3.63) is 21.0 Å². The Balaban J connectivity index is 3.17. The zero-order valence-corrected chi connectivity index (χ0v) is 6.81. The fraction of sp³-hybridized carbons (Fsp3) is 0.200. The molecule has 5 heteroatoms. The third-order valence-corrected chi connectivity index (χ3v) is 1.49. The van der Waals surface area contributed by atoms with Crippen LogP contribution in [0.4, 0.5) is 0 Å². The van der Waals surface area contributed by atoms with E-state index in [9.17, 15) is 4.79 Å². The molecule has 0 aromatic carbocycles. The summed E-state index contributed by atoms with van der Waals surface area (Å²) in [5.41, 5.74) is -0.244. The largest absolute Gasteiger partial charge is 0.468 e. The van der Waals surface area contributed by atoms with Gasteiger partial charge in [-0.05, 0) is 15.9 Å². The van der Waals surface area contributed by atoms with Gasteiger partial charge in [0.1, 0.15) is 4.47 Å². The topological polar surface area (TPSA) is 55.0 Å². The number of hydrogen-bond acceptors (Lipinski definition) is 3. The van der Waals surface area contributed by atoms with E-state index >= 15 is 0 Å². The van der Waals surface area contributed by atoms with E-state index in [4.69, 9.17) is 0 Å². The Hall–Kier alpha value is -0.840. The lowest BCUT2D eigenvalue weighted by Gasteiger charge is -1.94. The Morgan fingerprint density at radius 3 is 3.00 bits per heavy atom. The van der Waals surface area contributed by atoms with Crippen molar-refractivity contribution < 1.29 is 4.74 Å². The lowest BCUT2D eigenvalue weighted by molar-refractivity contribution is 0.378. The van der Waals surface area contributed by atoms with E-state index in [0.29, 0.717) is 4.47 Å². The molecule has 1 rings (SSSR count). The van der Waals surface area contributed by atoms with Gasteiger partial charge in [0.25, 0.3) is 11.6 Å². The number of rotatable bonds is 1. The minimum Gasteiger partial charge on any atom is -0.468 e. The highest BCUT2D eigenvalue weighted by atomic mass is 79.9. The summed E-state index contributed by atoms with van der Waals surface area (Å²) < 4.78 is 5.06.